The highest BCUT2D eigenvalue weighted by atomic mass is 32.1. The molecular weight excluding hydrogens is 198 g/mol. The molecule has 4 heteroatoms. The molecule has 2 heterocycles. The van der Waals surface area contributed by atoms with Crippen molar-refractivity contribution in [2.45, 2.75) is 0 Å². The third-order valence-electron chi connectivity index (χ3n) is 2.28. The lowest BCUT2D eigenvalue weighted by Gasteiger charge is -2.19. The molecular formula is C10H9NO2S. The quantitative estimate of drug-likeness (QED) is 0.674. The Labute approximate surface area is 85.0 Å². The highest BCUT2D eigenvalue weighted by molar-refractivity contribution is 7.17. The van der Waals surface area contributed by atoms with Gasteiger partial charge in [-0.05, 0) is 22.9 Å². The van der Waals surface area contributed by atoms with E-state index in [2.05, 4.69) is 0 Å². The average Bonchev–Trinajstić information content (AvgIpc) is 2.66. The maximum Gasteiger partial charge on any atom is 0.185 e. The van der Waals surface area contributed by atoms with Gasteiger partial charge in [0.2, 0.25) is 0 Å². The molecule has 0 aliphatic carbocycles. The molecule has 14 heavy (non-hydrogen) atoms. The second-order valence-electron chi connectivity index (χ2n) is 3.15. The summed E-state index contributed by atoms with van der Waals surface area (Å²) in [7, 11) is 0. The lowest BCUT2D eigenvalue weighted by Crippen LogP contribution is -2.16. The summed E-state index contributed by atoms with van der Waals surface area (Å²) >= 11 is 1.63. The van der Waals surface area contributed by atoms with Crippen molar-refractivity contribution in [3.05, 3.63) is 17.5 Å². The first-order valence-electron chi connectivity index (χ1n) is 4.41. The lowest BCUT2D eigenvalue weighted by atomic mass is 10.2. The zero-order chi connectivity index (χ0) is 9.54. The van der Waals surface area contributed by atoms with Gasteiger partial charge in [0, 0.05) is 0 Å². The SMILES string of the molecule is Nc1c2c(cc3ccsc13)OCCO2. The van der Waals surface area contributed by atoms with Crippen molar-refractivity contribution in [1.29, 1.82) is 0 Å². The Morgan fingerprint density at radius 3 is 3.07 bits per heavy atom. The minimum Gasteiger partial charge on any atom is -0.486 e. The van der Waals surface area contributed by atoms with E-state index >= 15 is 0 Å². The van der Waals surface area contributed by atoms with Crippen molar-refractivity contribution >= 4 is 27.1 Å². The minimum absolute atomic E-state index is 0.577. The summed E-state index contributed by atoms with van der Waals surface area (Å²) in [5.41, 5.74) is 6.69. The molecule has 0 spiro atoms. The summed E-state index contributed by atoms with van der Waals surface area (Å²) in [6.07, 6.45) is 0. The summed E-state index contributed by atoms with van der Waals surface area (Å²) in [6.45, 7) is 1.18. The van der Waals surface area contributed by atoms with Crippen molar-refractivity contribution in [2.75, 3.05) is 18.9 Å². The van der Waals surface area contributed by atoms with Gasteiger partial charge >= 0.3 is 0 Å². The summed E-state index contributed by atoms with van der Waals surface area (Å²) in [4.78, 5) is 0. The number of rotatable bonds is 0. The largest absolute Gasteiger partial charge is 0.486 e. The van der Waals surface area contributed by atoms with Crippen LogP contribution in [0.5, 0.6) is 11.5 Å². The normalized spacial score (nSPS) is 14.6. The summed E-state index contributed by atoms with van der Waals surface area (Å²) in [5.74, 6) is 1.46. The number of fused-ring (bicyclic) bond motifs is 2. The maximum atomic E-state index is 5.99. The molecule has 0 saturated carbocycles. The molecule has 3 rings (SSSR count). The lowest BCUT2D eigenvalue weighted by molar-refractivity contribution is 0.173. The van der Waals surface area contributed by atoms with Crippen molar-refractivity contribution < 1.29 is 9.47 Å². The zero-order valence-electron chi connectivity index (χ0n) is 7.45. The summed E-state index contributed by atoms with van der Waals surface area (Å²) in [5, 5.41) is 3.14. The number of benzene rings is 1. The fourth-order valence-corrected chi connectivity index (χ4v) is 2.48. The summed E-state index contributed by atoms with van der Waals surface area (Å²) < 4.78 is 12.0. The van der Waals surface area contributed by atoms with Gasteiger partial charge in [-0.1, -0.05) is 0 Å². The molecule has 0 fully saturated rings. The monoisotopic (exact) mass is 207 g/mol. The van der Waals surface area contributed by atoms with Gasteiger partial charge in [-0.25, -0.2) is 0 Å². The van der Waals surface area contributed by atoms with Crippen LogP contribution in [0, 0.1) is 0 Å². The molecule has 2 N–H and O–H groups in total. The standard InChI is InChI=1S/C10H9NO2S/c11-8-9-7(12-2-3-13-9)5-6-1-4-14-10(6)8/h1,4-5H,2-3,11H2. The van der Waals surface area contributed by atoms with Crippen molar-refractivity contribution in [2.24, 2.45) is 0 Å². The number of nitrogens with two attached hydrogens (primary N) is 1. The number of hydrogen-bond acceptors (Lipinski definition) is 4. The Morgan fingerprint density at radius 1 is 1.29 bits per heavy atom. The molecule has 0 saturated heterocycles. The molecule has 72 valence electrons. The molecule has 1 aliphatic rings. The van der Waals surface area contributed by atoms with E-state index in [0.29, 0.717) is 24.7 Å². The van der Waals surface area contributed by atoms with Crippen LogP contribution in [0.4, 0.5) is 5.69 Å². The Morgan fingerprint density at radius 2 is 2.14 bits per heavy atom. The van der Waals surface area contributed by atoms with Gasteiger partial charge in [-0.3, -0.25) is 0 Å². The van der Waals surface area contributed by atoms with E-state index < -0.39 is 0 Å². The van der Waals surface area contributed by atoms with Crippen LogP contribution < -0.4 is 15.2 Å². The Balaban J connectivity index is 2.36. The Hall–Kier alpha value is -1.42. The van der Waals surface area contributed by atoms with Gasteiger partial charge in [0.05, 0.1) is 10.4 Å². The Bertz CT molecular complexity index is 492. The highest BCUT2D eigenvalue weighted by Crippen LogP contribution is 2.43. The zero-order valence-corrected chi connectivity index (χ0v) is 8.26. The van der Waals surface area contributed by atoms with E-state index in [4.69, 9.17) is 15.2 Å². The predicted octanol–water partition coefficient (Wildman–Crippen LogP) is 2.25. The van der Waals surface area contributed by atoms with Crippen LogP contribution in [0.3, 0.4) is 0 Å². The molecule has 1 aliphatic heterocycles. The Kier molecular flexibility index (Phi) is 1.58. The first-order valence-corrected chi connectivity index (χ1v) is 5.29. The highest BCUT2D eigenvalue weighted by Gasteiger charge is 2.17. The molecule has 0 radical (unpaired) electrons. The first kappa shape index (κ1) is 7.94. The van der Waals surface area contributed by atoms with Crippen LogP contribution in [0.2, 0.25) is 0 Å². The van der Waals surface area contributed by atoms with E-state index in [1.54, 1.807) is 11.3 Å². The summed E-state index contributed by atoms with van der Waals surface area (Å²) in [6, 6.07) is 4.02. The van der Waals surface area contributed by atoms with E-state index in [-0.39, 0.29) is 0 Å². The van der Waals surface area contributed by atoms with Crippen LogP contribution in [-0.2, 0) is 0 Å². The fraction of sp³-hybridized carbons (Fsp3) is 0.200. The van der Waals surface area contributed by atoms with Crippen LogP contribution in [0.15, 0.2) is 17.5 Å². The van der Waals surface area contributed by atoms with Crippen LogP contribution in [-0.4, -0.2) is 13.2 Å². The maximum absolute atomic E-state index is 5.99. The third kappa shape index (κ3) is 0.974. The van der Waals surface area contributed by atoms with Gasteiger partial charge in [-0.2, -0.15) is 0 Å². The number of hydrogen-bond donors (Lipinski definition) is 1. The van der Waals surface area contributed by atoms with Crippen molar-refractivity contribution in [3.63, 3.8) is 0 Å². The minimum atomic E-state index is 0.577. The molecule has 3 nitrogen and oxygen atoms in total. The van der Waals surface area contributed by atoms with Crippen LogP contribution >= 0.6 is 11.3 Å². The third-order valence-corrected chi connectivity index (χ3v) is 3.25. The van der Waals surface area contributed by atoms with Gasteiger partial charge in [0.25, 0.3) is 0 Å². The van der Waals surface area contributed by atoms with Gasteiger partial charge in [-0.15, -0.1) is 11.3 Å². The first-order chi connectivity index (χ1) is 6.86. The predicted molar refractivity (Wildman–Crippen MR) is 57.2 cm³/mol. The van der Waals surface area contributed by atoms with Crippen LogP contribution in [0.25, 0.3) is 10.1 Å². The smallest absolute Gasteiger partial charge is 0.185 e. The molecule has 2 aromatic rings. The number of thiophene rings is 1. The van der Waals surface area contributed by atoms with Crippen molar-refractivity contribution in [3.8, 4) is 11.5 Å². The number of nitrogen functional groups attached to an aromatic ring is 1. The van der Waals surface area contributed by atoms with Crippen LogP contribution in [0.1, 0.15) is 0 Å². The molecule has 1 aromatic carbocycles. The topological polar surface area (TPSA) is 44.5 Å². The van der Waals surface area contributed by atoms with E-state index in [1.165, 1.54) is 0 Å². The van der Waals surface area contributed by atoms with E-state index in [9.17, 15) is 0 Å². The van der Waals surface area contributed by atoms with Gasteiger partial charge in [0.1, 0.15) is 13.2 Å². The van der Waals surface area contributed by atoms with Gasteiger partial charge in [0.15, 0.2) is 11.5 Å². The van der Waals surface area contributed by atoms with E-state index in [1.807, 2.05) is 17.5 Å². The average molecular weight is 207 g/mol. The second kappa shape index (κ2) is 2.78. The molecule has 0 amide bonds. The molecule has 0 atom stereocenters. The van der Waals surface area contributed by atoms with Gasteiger partial charge < -0.3 is 15.2 Å². The number of anilines is 1. The molecule has 0 bridgehead atoms. The van der Waals surface area contributed by atoms with E-state index in [0.717, 1.165) is 15.8 Å². The second-order valence-corrected chi connectivity index (χ2v) is 4.07. The molecule has 1 aromatic heterocycles. The molecule has 0 unspecified atom stereocenters. The van der Waals surface area contributed by atoms with Crippen molar-refractivity contribution in [1.82, 2.24) is 0 Å². The number of ether oxygens (including phenoxy) is 2. The fourth-order valence-electron chi connectivity index (χ4n) is 1.65.